The van der Waals surface area contributed by atoms with Crippen molar-refractivity contribution in [1.29, 1.82) is 5.41 Å². The fraction of sp³-hybridized carbons (Fsp3) is 0.379. The molecular formula is C29H35F3N6O2. The Hall–Kier alpha value is -3.83. The van der Waals surface area contributed by atoms with E-state index in [1.54, 1.807) is 30.6 Å². The molecule has 1 aliphatic heterocycles. The molecule has 2 aromatic heterocycles. The number of ether oxygens (including phenoxy) is 1. The van der Waals surface area contributed by atoms with Crippen LogP contribution in [0.4, 0.5) is 19.0 Å². The van der Waals surface area contributed by atoms with E-state index in [4.69, 9.17) is 10.1 Å². The van der Waals surface area contributed by atoms with Gasteiger partial charge in [0.1, 0.15) is 12.0 Å². The fourth-order valence-electron chi connectivity index (χ4n) is 4.18. The van der Waals surface area contributed by atoms with Crippen LogP contribution in [0, 0.1) is 12.3 Å². The van der Waals surface area contributed by atoms with Crippen LogP contribution in [-0.2, 0) is 10.9 Å². The lowest BCUT2D eigenvalue weighted by Crippen LogP contribution is -2.36. The third kappa shape index (κ3) is 8.85. The van der Waals surface area contributed by atoms with E-state index in [-0.39, 0.29) is 23.9 Å². The van der Waals surface area contributed by atoms with Crippen LogP contribution in [0.5, 0.6) is 0 Å². The Morgan fingerprint density at radius 3 is 2.48 bits per heavy atom. The fourth-order valence-corrected chi connectivity index (χ4v) is 4.18. The summed E-state index contributed by atoms with van der Waals surface area (Å²) >= 11 is 0. The van der Waals surface area contributed by atoms with Crippen molar-refractivity contribution in [3.63, 3.8) is 0 Å². The van der Waals surface area contributed by atoms with Crippen molar-refractivity contribution in [2.24, 2.45) is 0 Å². The monoisotopic (exact) mass is 556 g/mol. The van der Waals surface area contributed by atoms with E-state index >= 15 is 0 Å². The number of hydrogen-bond acceptors (Lipinski definition) is 7. The van der Waals surface area contributed by atoms with Gasteiger partial charge in [-0.25, -0.2) is 4.98 Å². The van der Waals surface area contributed by atoms with Crippen LogP contribution >= 0.6 is 0 Å². The third-order valence-electron chi connectivity index (χ3n) is 6.19. The zero-order chi connectivity index (χ0) is 29.3. The molecule has 1 amide bonds. The van der Waals surface area contributed by atoms with Crippen molar-refractivity contribution in [3.8, 4) is 0 Å². The molecule has 0 spiro atoms. The van der Waals surface area contributed by atoms with Gasteiger partial charge in [-0.2, -0.15) is 13.2 Å². The highest BCUT2D eigenvalue weighted by Gasteiger charge is 2.29. The summed E-state index contributed by atoms with van der Waals surface area (Å²) in [4.78, 5) is 23.7. The Bertz CT molecular complexity index is 1290. The molecule has 11 heteroatoms. The molecule has 1 aliphatic rings. The molecule has 40 heavy (non-hydrogen) atoms. The van der Waals surface area contributed by atoms with E-state index in [0.29, 0.717) is 29.1 Å². The van der Waals surface area contributed by atoms with E-state index in [9.17, 15) is 18.0 Å². The van der Waals surface area contributed by atoms with Crippen molar-refractivity contribution >= 4 is 17.4 Å². The van der Waals surface area contributed by atoms with Gasteiger partial charge in [0.05, 0.1) is 16.8 Å². The van der Waals surface area contributed by atoms with E-state index in [1.807, 2.05) is 33.9 Å². The van der Waals surface area contributed by atoms with Crippen LogP contribution in [0.25, 0.3) is 0 Å². The van der Waals surface area contributed by atoms with Gasteiger partial charge in [0.2, 0.25) is 0 Å². The molecule has 214 valence electrons. The van der Waals surface area contributed by atoms with E-state index in [0.717, 1.165) is 37.3 Å². The first-order valence-corrected chi connectivity index (χ1v) is 13.0. The molecule has 0 saturated carbocycles. The van der Waals surface area contributed by atoms with Gasteiger partial charge in [-0.15, -0.1) is 0 Å². The van der Waals surface area contributed by atoms with Crippen LogP contribution in [0.3, 0.4) is 0 Å². The predicted octanol–water partition coefficient (Wildman–Crippen LogP) is 5.13. The maximum absolute atomic E-state index is 12.8. The van der Waals surface area contributed by atoms with Gasteiger partial charge in [-0.3, -0.25) is 15.2 Å². The first-order chi connectivity index (χ1) is 19.0. The highest BCUT2D eigenvalue weighted by molar-refractivity contribution is 6.14. The maximum atomic E-state index is 12.8. The first kappa shape index (κ1) is 30.7. The molecule has 3 aromatic rings. The zero-order valence-electron chi connectivity index (χ0n) is 23.0. The molecule has 0 bridgehead atoms. The largest absolute Gasteiger partial charge is 0.416 e. The van der Waals surface area contributed by atoms with E-state index in [2.05, 4.69) is 25.5 Å². The van der Waals surface area contributed by atoms with Gasteiger partial charge in [0.25, 0.3) is 5.91 Å². The second-order valence-corrected chi connectivity index (χ2v) is 9.51. The Morgan fingerprint density at radius 1 is 1.18 bits per heavy atom. The lowest BCUT2D eigenvalue weighted by atomic mass is 10.0. The minimum atomic E-state index is -4.21. The van der Waals surface area contributed by atoms with E-state index in [1.165, 1.54) is 12.1 Å². The van der Waals surface area contributed by atoms with Crippen molar-refractivity contribution in [2.75, 3.05) is 32.1 Å². The van der Waals surface area contributed by atoms with Gasteiger partial charge < -0.3 is 20.3 Å². The number of likely N-dealkylation sites (tertiary alicyclic amines) is 1. The number of nitrogens with zero attached hydrogens (tertiary/aromatic N) is 3. The number of anilines is 1. The van der Waals surface area contributed by atoms with Gasteiger partial charge >= 0.3 is 6.18 Å². The van der Waals surface area contributed by atoms with Crippen molar-refractivity contribution in [1.82, 2.24) is 20.2 Å². The number of amides is 1. The molecule has 1 aromatic carbocycles. The standard InChI is InChI=1S/C22H30N6O2.C7H5F3/c1-5-30-15(3)26-21-19(20(23)16-6-8-24-14(2)10-16)11-17(12-25-21)22(29)27-18-7-9-28(4)13-18;8-7(9,10)6-4-2-1-3-5-6/h6,8,10-12,15,18,23H,5,7,9,13H2,1-4H3,(H,25,26)(H,27,29);1-5H. The average molecular weight is 557 g/mol. The minimum Gasteiger partial charge on any atom is -0.359 e. The number of alkyl halides is 3. The molecule has 2 unspecified atom stereocenters. The number of halogens is 3. The quantitative estimate of drug-likeness (QED) is 0.263. The molecule has 2 atom stereocenters. The normalized spacial score (nSPS) is 16.0. The topological polar surface area (TPSA) is 103 Å². The lowest BCUT2D eigenvalue weighted by Gasteiger charge is -2.19. The molecule has 4 rings (SSSR count). The second-order valence-electron chi connectivity index (χ2n) is 9.51. The van der Waals surface area contributed by atoms with Gasteiger partial charge in [0, 0.05) is 48.4 Å². The third-order valence-corrected chi connectivity index (χ3v) is 6.19. The van der Waals surface area contributed by atoms with Gasteiger partial charge in [0.15, 0.2) is 0 Å². The summed E-state index contributed by atoms with van der Waals surface area (Å²) in [6, 6.07) is 11.8. The Balaban J connectivity index is 0.000000371. The summed E-state index contributed by atoms with van der Waals surface area (Å²) in [7, 11) is 2.05. The SMILES string of the molecule is CCOC(C)Nc1ncc(C(=O)NC2CCN(C)C2)cc1C(=N)c1ccnc(C)c1.FC(F)(F)c1ccccc1. The van der Waals surface area contributed by atoms with Crippen molar-refractivity contribution in [3.05, 3.63) is 88.9 Å². The number of rotatable bonds is 8. The molecule has 3 heterocycles. The average Bonchev–Trinajstić information content (AvgIpc) is 3.33. The summed E-state index contributed by atoms with van der Waals surface area (Å²) in [5, 5.41) is 15.0. The number of carbonyl (C=O) groups is 1. The lowest BCUT2D eigenvalue weighted by molar-refractivity contribution is -0.137. The van der Waals surface area contributed by atoms with E-state index < -0.39 is 11.7 Å². The van der Waals surface area contributed by atoms with Crippen LogP contribution in [0.2, 0.25) is 0 Å². The Labute approximate surface area is 232 Å². The summed E-state index contributed by atoms with van der Waals surface area (Å²) in [6.07, 6.45) is -0.331. The number of nitrogens with one attached hydrogen (secondary N) is 3. The van der Waals surface area contributed by atoms with Gasteiger partial charge in [-0.1, -0.05) is 30.3 Å². The molecule has 0 radical (unpaired) electrons. The van der Waals surface area contributed by atoms with Crippen LogP contribution in [0.1, 0.15) is 53.0 Å². The van der Waals surface area contributed by atoms with Crippen molar-refractivity contribution in [2.45, 2.75) is 45.6 Å². The number of pyridine rings is 2. The van der Waals surface area contributed by atoms with Crippen LogP contribution in [-0.4, -0.2) is 65.5 Å². The van der Waals surface area contributed by atoms with Gasteiger partial charge in [-0.05, 0) is 59.0 Å². The highest BCUT2D eigenvalue weighted by Crippen LogP contribution is 2.28. The number of aryl methyl sites for hydroxylation is 1. The molecule has 8 nitrogen and oxygen atoms in total. The number of hydrogen-bond donors (Lipinski definition) is 3. The maximum Gasteiger partial charge on any atom is 0.416 e. The van der Waals surface area contributed by atoms with Crippen molar-refractivity contribution < 1.29 is 22.7 Å². The number of likely N-dealkylation sites (N-methyl/N-ethyl adjacent to an activating group) is 1. The summed E-state index contributed by atoms with van der Waals surface area (Å²) in [6.45, 7) is 8.05. The smallest absolute Gasteiger partial charge is 0.359 e. The second kappa shape index (κ2) is 14.0. The molecule has 3 N–H and O–H groups in total. The summed E-state index contributed by atoms with van der Waals surface area (Å²) in [5.41, 5.74) is 2.19. The molecule has 1 saturated heterocycles. The highest BCUT2D eigenvalue weighted by atomic mass is 19.4. The Kier molecular flexibility index (Phi) is 10.7. The number of aromatic nitrogens is 2. The number of benzene rings is 1. The predicted molar refractivity (Wildman–Crippen MR) is 149 cm³/mol. The number of carbonyl (C=O) groups excluding carboxylic acids is 1. The molecule has 1 fully saturated rings. The minimum absolute atomic E-state index is 0.129. The molecule has 0 aliphatic carbocycles. The van der Waals surface area contributed by atoms with Crippen LogP contribution in [0.15, 0.2) is 60.9 Å². The zero-order valence-corrected chi connectivity index (χ0v) is 23.0. The summed E-state index contributed by atoms with van der Waals surface area (Å²) in [5.74, 6) is 0.333. The first-order valence-electron chi connectivity index (χ1n) is 13.0. The Morgan fingerprint density at radius 2 is 1.90 bits per heavy atom. The van der Waals surface area contributed by atoms with Crippen LogP contribution < -0.4 is 10.6 Å². The summed E-state index contributed by atoms with van der Waals surface area (Å²) < 4.78 is 40.9. The molecular weight excluding hydrogens is 521 g/mol.